The van der Waals surface area contributed by atoms with Crippen LogP contribution in [0.1, 0.15) is 33.6 Å². The number of nitrogens with zero attached hydrogens (tertiary/aromatic N) is 1. The van der Waals surface area contributed by atoms with E-state index in [1.807, 2.05) is 0 Å². The number of ketones is 1. The lowest BCUT2D eigenvalue weighted by molar-refractivity contribution is -0.208. The Balaban J connectivity index is 2.56. The smallest absolute Gasteiger partial charge is 0.337 e. The molecule has 0 aromatic heterocycles. The summed E-state index contributed by atoms with van der Waals surface area (Å²) in [5.41, 5.74) is -0.651. The molecule has 0 N–H and O–H groups in total. The second kappa shape index (κ2) is 4.00. The van der Waals surface area contributed by atoms with Crippen LogP contribution in [0.15, 0.2) is 0 Å². The van der Waals surface area contributed by atoms with Gasteiger partial charge in [0.25, 0.3) is 5.91 Å². The van der Waals surface area contributed by atoms with Gasteiger partial charge in [-0.1, -0.05) is 0 Å². The number of carbonyl (C=O) groups is 3. The molecule has 1 saturated heterocycles. The molecule has 0 radical (unpaired) electrons. The van der Waals surface area contributed by atoms with Crippen molar-refractivity contribution in [1.82, 2.24) is 5.06 Å². The van der Waals surface area contributed by atoms with Crippen molar-refractivity contribution in [3.63, 3.8) is 0 Å². The molecule has 1 fully saturated rings. The molecule has 1 aliphatic heterocycles. The van der Waals surface area contributed by atoms with E-state index in [0.29, 0.717) is 0 Å². The first kappa shape index (κ1) is 11.7. The van der Waals surface area contributed by atoms with Gasteiger partial charge < -0.3 is 4.84 Å². The fraction of sp³-hybridized carbons (Fsp3) is 0.700. The van der Waals surface area contributed by atoms with Gasteiger partial charge in [-0.25, -0.2) is 4.79 Å². The molecule has 0 bridgehead atoms. The highest BCUT2D eigenvalue weighted by Gasteiger charge is 2.31. The van der Waals surface area contributed by atoms with Crippen molar-refractivity contribution >= 4 is 17.7 Å². The molecule has 5 heteroatoms. The maximum atomic E-state index is 11.5. The van der Waals surface area contributed by atoms with Gasteiger partial charge in [-0.2, -0.15) is 5.06 Å². The summed E-state index contributed by atoms with van der Waals surface area (Å²) in [6.45, 7) is 5.28. The van der Waals surface area contributed by atoms with E-state index in [4.69, 9.17) is 4.84 Å². The molecule has 0 aromatic rings. The quantitative estimate of drug-likeness (QED) is 0.601. The van der Waals surface area contributed by atoms with E-state index >= 15 is 0 Å². The zero-order valence-corrected chi connectivity index (χ0v) is 9.20. The fourth-order valence-corrected chi connectivity index (χ4v) is 1.03. The van der Waals surface area contributed by atoms with E-state index in [-0.39, 0.29) is 25.2 Å². The van der Waals surface area contributed by atoms with E-state index in [1.54, 1.807) is 20.8 Å². The van der Waals surface area contributed by atoms with Gasteiger partial charge in [-0.15, -0.1) is 0 Å². The zero-order chi connectivity index (χ0) is 11.6. The van der Waals surface area contributed by atoms with Crippen LogP contribution in [0.2, 0.25) is 0 Å². The molecule has 1 amide bonds. The number of piperidine rings is 1. The summed E-state index contributed by atoms with van der Waals surface area (Å²) in [7, 11) is 0. The van der Waals surface area contributed by atoms with Crippen molar-refractivity contribution in [2.75, 3.05) is 6.54 Å². The predicted molar refractivity (Wildman–Crippen MR) is 51.5 cm³/mol. The minimum absolute atomic E-state index is 0.108. The maximum absolute atomic E-state index is 11.5. The van der Waals surface area contributed by atoms with E-state index in [9.17, 15) is 14.4 Å². The number of rotatable bonds is 1. The van der Waals surface area contributed by atoms with Crippen LogP contribution in [0.3, 0.4) is 0 Å². The van der Waals surface area contributed by atoms with Crippen LogP contribution < -0.4 is 0 Å². The average molecular weight is 213 g/mol. The van der Waals surface area contributed by atoms with Crippen molar-refractivity contribution < 1.29 is 19.2 Å². The minimum Gasteiger partial charge on any atom is -0.338 e. The molecule has 84 valence electrons. The summed E-state index contributed by atoms with van der Waals surface area (Å²) in [6.07, 6.45) is 0.0839. The van der Waals surface area contributed by atoms with Gasteiger partial charge in [0.15, 0.2) is 0 Å². The SMILES string of the molecule is CC(C)(C)C(=O)ON1CCC(=O)CC1=O. The Morgan fingerprint density at radius 3 is 2.40 bits per heavy atom. The second-order valence-electron chi connectivity index (χ2n) is 4.59. The van der Waals surface area contributed by atoms with Crippen LogP contribution in [0, 0.1) is 5.41 Å². The van der Waals surface area contributed by atoms with Crippen LogP contribution in [0.4, 0.5) is 0 Å². The minimum atomic E-state index is -0.651. The van der Waals surface area contributed by atoms with Gasteiger partial charge >= 0.3 is 5.97 Å². The highest BCUT2D eigenvalue weighted by atomic mass is 16.7. The van der Waals surface area contributed by atoms with Gasteiger partial charge in [0.05, 0.1) is 18.4 Å². The lowest BCUT2D eigenvalue weighted by Crippen LogP contribution is -2.42. The molecule has 0 aromatic carbocycles. The lowest BCUT2D eigenvalue weighted by atomic mass is 9.98. The van der Waals surface area contributed by atoms with Crippen molar-refractivity contribution in [1.29, 1.82) is 0 Å². The molecule has 1 rings (SSSR count). The largest absolute Gasteiger partial charge is 0.338 e. The fourth-order valence-electron chi connectivity index (χ4n) is 1.03. The normalized spacial score (nSPS) is 17.9. The zero-order valence-electron chi connectivity index (χ0n) is 9.20. The molecular weight excluding hydrogens is 198 g/mol. The van der Waals surface area contributed by atoms with Crippen molar-refractivity contribution in [2.24, 2.45) is 5.41 Å². The van der Waals surface area contributed by atoms with Gasteiger partial charge in [-0.3, -0.25) is 9.59 Å². The van der Waals surface area contributed by atoms with Gasteiger partial charge in [-0.05, 0) is 20.8 Å². The summed E-state index contributed by atoms with van der Waals surface area (Å²) in [5.74, 6) is -1.02. The molecule has 0 spiro atoms. The highest BCUT2D eigenvalue weighted by molar-refractivity contribution is 6.00. The van der Waals surface area contributed by atoms with E-state index in [2.05, 4.69) is 0 Å². The first-order chi connectivity index (χ1) is 6.80. The highest BCUT2D eigenvalue weighted by Crippen LogP contribution is 2.18. The summed E-state index contributed by atoms with van der Waals surface area (Å²) in [6, 6.07) is 0. The molecule has 0 saturated carbocycles. The van der Waals surface area contributed by atoms with Crippen LogP contribution >= 0.6 is 0 Å². The summed E-state index contributed by atoms with van der Waals surface area (Å²) in [4.78, 5) is 38.6. The Labute approximate surface area is 88.3 Å². The van der Waals surface area contributed by atoms with E-state index in [0.717, 1.165) is 5.06 Å². The number of amides is 1. The molecule has 15 heavy (non-hydrogen) atoms. The topological polar surface area (TPSA) is 63.7 Å². The molecule has 0 aliphatic carbocycles. The van der Waals surface area contributed by atoms with Crippen molar-refractivity contribution in [3.05, 3.63) is 0 Å². The van der Waals surface area contributed by atoms with Gasteiger partial charge in [0.2, 0.25) is 0 Å². The van der Waals surface area contributed by atoms with Crippen LogP contribution in [0.5, 0.6) is 0 Å². The number of Topliss-reactive ketones (excluding diaryl/α,β-unsaturated/α-hetero) is 1. The van der Waals surface area contributed by atoms with Gasteiger partial charge in [0, 0.05) is 6.42 Å². The number of hydrogen-bond acceptors (Lipinski definition) is 4. The maximum Gasteiger partial charge on any atom is 0.337 e. The Bertz CT molecular complexity index is 303. The molecule has 1 aliphatic rings. The lowest BCUT2D eigenvalue weighted by Gasteiger charge is -2.27. The third-order valence-electron chi connectivity index (χ3n) is 2.03. The van der Waals surface area contributed by atoms with Crippen LogP contribution in [-0.2, 0) is 19.2 Å². The monoisotopic (exact) mass is 213 g/mol. The van der Waals surface area contributed by atoms with Crippen LogP contribution in [0.25, 0.3) is 0 Å². The Kier molecular flexibility index (Phi) is 3.12. The summed E-state index contributed by atoms with van der Waals surface area (Å²) >= 11 is 0. The molecule has 0 unspecified atom stereocenters. The van der Waals surface area contributed by atoms with Crippen LogP contribution in [-0.4, -0.2) is 29.3 Å². The first-order valence-corrected chi connectivity index (χ1v) is 4.85. The standard InChI is InChI=1S/C10H15NO4/c1-10(2,3)9(14)15-11-5-4-7(12)6-8(11)13/h4-6H2,1-3H3. The molecule has 0 atom stereocenters. The first-order valence-electron chi connectivity index (χ1n) is 4.85. The number of hydrogen-bond donors (Lipinski definition) is 0. The average Bonchev–Trinajstić information content (AvgIpc) is 2.08. The van der Waals surface area contributed by atoms with E-state index in [1.165, 1.54) is 0 Å². The Morgan fingerprint density at radius 1 is 1.33 bits per heavy atom. The number of hydroxylamine groups is 2. The number of carbonyl (C=O) groups excluding carboxylic acids is 3. The molecule has 1 heterocycles. The Morgan fingerprint density at radius 2 is 1.93 bits per heavy atom. The van der Waals surface area contributed by atoms with Gasteiger partial charge in [0.1, 0.15) is 5.78 Å². The predicted octanol–water partition coefficient (Wildman–Crippen LogP) is 0.682. The molecule has 5 nitrogen and oxygen atoms in total. The summed E-state index contributed by atoms with van der Waals surface area (Å²) < 4.78 is 0. The summed E-state index contributed by atoms with van der Waals surface area (Å²) in [5, 5.41) is 0.981. The van der Waals surface area contributed by atoms with E-state index < -0.39 is 17.3 Å². The third-order valence-corrected chi connectivity index (χ3v) is 2.03. The molecular formula is C10H15NO4. The third kappa shape index (κ3) is 3.04. The van der Waals surface area contributed by atoms with Crippen molar-refractivity contribution in [2.45, 2.75) is 33.6 Å². The van der Waals surface area contributed by atoms with Crippen molar-refractivity contribution in [3.8, 4) is 0 Å². The Hall–Kier alpha value is -1.39. The second-order valence-corrected chi connectivity index (χ2v) is 4.59.